The van der Waals surface area contributed by atoms with E-state index in [9.17, 15) is 9.59 Å². The third-order valence-electron chi connectivity index (χ3n) is 3.60. The molecule has 1 aromatic heterocycles. The molecular formula is C18H19N3O3. The molecule has 0 radical (unpaired) electrons. The molecule has 3 rings (SSSR count). The fourth-order valence-electron chi connectivity index (χ4n) is 2.23. The van der Waals surface area contributed by atoms with Gasteiger partial charge in [0.1, 0.15) is 11.4 Å². The summed E-state index contributed by atoms with van der Waals surface area (Å²) in [7, 11) is 0. The van der Waals surface area contributed by atoms with E-state index in [2.05, 4.69) is 15.6 Å². The SMILES string of the molecule is CCOc1ccccc1NC(=O)c1cc(C(=O)NC2CC2)ccn1. The first-order valence-electron chi connectivity index (χ1n) is 7.97. The molecule has 6 nitrogen and oxygen atoms in total. The Labute approximate surface area is 140 Å². The van der Waals surface area contributed by atoms with Crippen LogP contribution < -0.4 is 15.4 Å². The van der Waals surface area contributed by atoms with Gasteiger partial charge in [0.2, 0.25) is 0 Å². The molecule has 0 unspecified atom stereocenters. The molecule has 1 aliphatic rings. The maximum atomic E-state index is 12.4. The van der Waals surface area contributed by atoms with Crippen LogP contribution in [0.15, 0.2) is 42.6 Å². The Balaban J connectivity index is 1.74. The van der Waals surface area contributed by atoms with Gasteiger partial charge in [-0.1, -0.05) is 12.1 Å². The number of aromatic nitrogens is 1. The molecule has 0 bridgehead atoms. The number of carbonyl (C=O) groups excluding carboxylic acids is 2. The van der Waals surface area contributed by atoms with E-state index < -0.39 is 0 Å². The summed E-state index contributed by atoms with van der Waals surface area (Å²) in [6, 6.07) is 10.5. The Morgan fingerprint density at radius 1 is 1.21 bits per heavy atom. The van der Waals surface area contributed by atoms with Gasteiger partial charge in [-0.25, -0.2) is 0 Å². The summed E-state index contributed by atoms with van der Waals surface area (Å²) < 4.78 is 5.49. The maximum Gasteiger partial charge on any atom is 0.274 e. The van der Waals surface area contributed by atoms with Crippen LogP contribution in [0, 0.1) is 0 Å². The summed E-state index contributed by atoms with van der Waals surface area (Å²) in [6.45, 7) is 2.38. The van der Waals surface area contributed by atoms with Crippen molar-refractivity contribution < 1.29 is 14.3 Å². The van der Waals surface area contributed by atoms with E-state index in [1.54, 1.807) is 18.2 Å². The number of benzene rings is 1. The summed E-state index contributed by atoms with van der Waals surface area (Å²) >= 11 is 0. The first-order valence-corrected chi connectivity index (χ1v) is 7.97. The number of ether oxygens (including phenoxy) is 1. The van der Waals surface area contributed by atoms with Gasteiger partial charge in [0, 0.05) is 17.8 Å². The summed E-state index contributed by atoms with van der Waals surface area (Å²) in [5.41, 5.74) is 1.18. The van der Waals surface area contributed by atoms with E-state index in [-0.39, 0.29) is 23.6 Å². The molecule has 24 heavy (non-hydrogen) atoms. The number of anilines is 1. The van der Waals surface area contributed by atoms with E-state index in [4.69, 9.17) is 4.74 Å². The number of pyridine rings is 1. The third-order valence-corrected chi connectivity index (χ3v) is 3.60. The zero-order valence-corrected chi connectivity index (χ0v) is 13.4. The van der Waals surface area contributed by atoms with Crippen LogP contribution in [-0.2, 0) is 0 Å². The Kier molecular flexibility index (Phi) is 4.74. The van der Waals surface area contributed by atoms with Crippen molar-refractivity contribution in [2.24, 2.45) is 0 Å². The molecule has 1 fully saturated rings. The highest BCUT2D eigenvalue weighted by molar-refractivity contribution is 6.05. The lowest BCUT2D eigenvalue weighted by atomic mass is 10.2. The molecule has 2 aromatic rings. The minimum Gasteiger partial charge on any atom is -0.492 e. The molecule has 1 aliphatic carbocycles. The highest BCUT2D eigenvalue weighted by Crippen LogP contribution is 2.24. The van der Waals surface area contributed by atoms with Gasteiger partial charge in [0.15, 0.2) is 0 Å². The molecule has 124 valence electrons. The van der Waals surface area contributed by atoms with E-state index >= 15 is 0 Å². The second-order valence-electron chi connectivity index (χ2n) is 5.56. The standard InChI is InChI=1S/C18H19N3O3/c1-2-24-16-6-4-3-5-14(16)21-18(23)15-11-12(9-10-19-15)17(22)20-13-7-8-13/h3-6,9-11,13H,2,7-8H2,1H3,(H,20,22)(H,21,23). The first-order chi connectivity index (χ1) is 11.7. The average Bonchev–Trinajstić information content (AvgIpc) is 3.41. The first kappa shape index (κ1) is 16.0. The average molecular weight is 325 g/mol. The summed E-state index contributed by atoms with van der Waals surface area (Å²) in [6.07, 6.45) is 3.49. The van der Waals surface area contributed by atoms with E-state index in [0.29, 0.717) is 23.6 Å². The molecule has 0 spiro atoms. The predicted octanol–water partition coefficient (Wildman–Crippen LogP) is 2.62. The van der Waals surface area contributed by atoms with Crippen molar-refractivity contribution in [3.63, 3.8) is 0 Å². The van der Waals surface area contributed by atoms with E-state index in [1.807, 2.05) is 19.1 Å². The summed E-state index contributed by atoms with van der Waals surface area (Å²) in [5.74, 6) is 0.0304. The second kappa shape index (κ2) is 7.12. The maximum absolute atomic E-state index is 12.4. The zero-order valence-electron chi connectivity index (χ0n) is 13.4. The van der Waals surface area contributed by atoms with Crippen LogP contribution in [0.4, 0.5) is 5.69 Å². The van der Waals surface area contributed by atoms with Crippen molar-refractivity contribution in [1.82, 2.24) is 10.3 Å². The molecule has 2 amide bonds. The Bertz CT molecular complexity index is 757. The molecule has 0 atom stereocenters. The van der Waals surface area contributed by atoms with Gasteiger partial charge in [-0.3, -0.25) is 14.6 Å². The van der Waals surface area contributed by atoms with Gasteiger partial charge >= 0.3 is 0 Å². The quantitative estimate of drug-likeness (QED) is 0.855. The van der Waals surface area contributed by atoms with Crippen LogP contribution >= 0.6 is 0 Å². The van der Waals surface area contributed by atoms with Crippen molar-refractivity contribution in [2.45, 2.75) is 25.8 Å². The van der Waals surface area contributed by atoms with Gasteiger partial charge < -0.3 is 15.4 Å². The fourth-order valence-corrected chi connectivity index (χ4v) is 2.23. The minimum absolute atomic E-state index is 0.177. The van der Waals surface area contributed by atoms with Crippen LogP contribution in [0.5, 0.6) is 5.75 Å². The molecule has 2 N–H and O–H groups in total. The highest BCUT2D eigenvalue weighted by atomic mass is 16.5. The van der Waals surface area contributed by atoms with Crippen molar-refractivity contribution in [1.29, 1.82) is 0 Å². The molecule has 1 heterocycles. The number of rotatable bonds is 6. The lowest BCUT2D eigenvalue weighted by molar-refractivity contribution is 0.0951. The van der Waals surface area contributed by atoms with Gasteiger partial charge in [-0.2, -0.15) is 0 Å². The molecule has 0 saturated heterocycles. The topological polar surface area (TPSA) is 80.3 Å². The van der Waals surface area contributed by atoms with E-state index in [0.717, 1.165) is 12.8 Å². The third kappa shape index (κ3) is 3.90. The summed E-state index contributed by atoms with van der Waals surface area (Å²) in [4.78, 5) is 28.6. The van der Waals surface area contributed by atoms with Crippen LogP contribution in [0.25, 0.3) is 0 Å². The van der Waals surface area contributed by atoms with Crippen LogP contribution in [0.2, 0.25) is 0 Å². The number of hydrogen-bond acceptors (Lipinski definition) is 4. The normalized spacial score (nSPS) is 13.2. The second-order valence-corrected chi connectivity index (χ2v) is 5.56. The molecule has 1 aromatic carbocycles. The summed E-state index contributed by atoms with van der Waals surface area (Å²) in [5, 5.41) is 5.67. The zero-order chi connectivity index (χ0) is 16.9. The number of amides is 2. The van der Waals surface area contributed by atoms with Crippen LogP contribution in [-0.4, -0.2) is 29.4 Å². The van der Waals surface area contributed by atoms with Gasteiger partial charge in [0.25, 0.3) is 11.8 Å². The minimum atomic E-state index is -0.386. The lowest BCUT2D eigenvalue weighted by Crippen LogP contribution is -2.26. The van der Waals surface area contributed by atoms with Crippen molar-refractivity contribution >= 4 is 17.5 Å². The number of nitrogens with zero attached hydrogens (tertiary/aromatic N) is 1. The Morgan fingerprint density at radius 3 is 2.75 bits per heavy atom. The Hall–Kier alpha value is -2.89. The number of nitrogens with one attached hydrogen (secondary N) is 2. The number of carbonyl (C=O) groups is 2. The molecule has 0 aliphatic heterocycles. The van der Waals surface area contributed by atoms with Crippen LogP contribution in [0.1, 0.15) is 40.6 Å². The van der Waals surface area contributed by atoms with Crippen molar-refractivity contribution in [2.75, 3.05) is 11.9 Å². The lowest BCUT2D eigenvalue weighted by Gasteiger charge is -2.11. The van der Waals surface area contributed by atoms with Gasteiger partial charge in [0.05, 0.1) is 12.3 Å². The van der Waals surface area contributed by atoms with Crippen molar-refractivity contribution in [3.8, 4) is 5.75 Å². The number of hydrogen-bond donors (Lipinski definition) is 2. The molecular weight excluding hydrogens is 306 g/mol. The largest absolute Gasteiger partial charge is 0.492 e. The van der Waals surface area contributed by atoms with E-state index in [1.165, 1.54) is 12.3 Å². The van der Waals surface area contributed by atoms with Crippen molar-refractivity contribution in [3.05, 3.63) is 53.9 Å². The fraction of sp³-hybridized carbons (Fsp3) is 0.278. The smallest absolute Gasteiger partial charge is 0.274 e. The number of para-hydroxylation sites is 2. The molecule has 1 saturated carbocycles. The monoisotopic (exact) mass is 325 g/mol. The highest BCUT2D eigenvalue weighted by Gasteiger charge is 2.24. The predicted molar refractivity (Wildman–Crippen MR) is 90.3 cm³/mol. The van der Waals surface area contributed by atoms with Crippen LogP contribution in [0.3, 0.4) is 0 Å². The van der Waals surface area contributed by atoms with Gasteiger partial charge in [-0.05, 0) is 44.0 Å². The Morgan fingerprint density at radius 2 is 2.00 bits per heavy atom. The van der Waals surface area contributed by atoms with Gasteiger partial charge in [-0.15, -0.1) is 0 Å². The molecule has 6 heteroatoms.